The van der Waals surface area contributed by atoms with Gasteiger partial charge in [0.15, 0.2) is 0 Å². The van der Waals surface area contributed by atoms with E-state index >= 15 is 0 Å². The van der Waals surface area contributed by atoms with E-state index in [-0.39, 0.29) is 30.1 Å². The van der Waals surface area contributed by atoms with Gasteiger partial charge >= 0.3 is 11.9 Å². The Labute approximate surface area is 159 Å². The molecule has 0 aromatic carbocycles. The second-order valence-corrected chi connectivity index (χ2v) is 7.01. The zero-order valence-corrected chi connectivity index (χ0v) is 15.6. The molecule has 2 heterocycles. The fraction of sp³-hybridized carbons (Fsp3) is 0.304. The van der Waals surface area contributed by atoms with Crippen LogP contribution in [0.1, 0.15) is 26.2 Å². The second kappa shape index (κ2) is 7.78. The van der Waals surface area contributed by atoms with Gasteiger partial charge in [-0.15, -0.1) is 0 Å². The Bertz CT molecular complexity index is 802. The van der Waals surface area contributed by atoms with Crippen molar-refractivity contribution in [3.05, 3.63) is 84.1 Å². The molecule has 0 aromatic heterocycles. The van der Waals surface area contributed by atoms with Crippen molar-refractivity contribution in [2.75, 3.05) is 0 Å². The molecule has 0 saturated carbocycles. The van der Waals surface area contributed by atoms with Crippen LogP contribution in [0.4, 0.5) is 0 Å². The first-order chi connectivity index (χ1) is 12.9. The molecule has 3 atom stereocenters. The molecular weight excluding hydrogens is 340 g/mol. The molecule has 4 nitrogen and oxygen atoms in total. The fourth-order valence-electron chi connectivity index (χ4n) is 3.38. The third-order valence-electron chi connectivity index (χ3n) is 5.10. The van der Waals surface area contributed by atoms with Gasteiger partial charge in [0.1, 0.15) is 12.2 Å². The number of rotatable bonds is 5. The van der Waals surface area contributed by atoms with Gasteiger partial charge < -0.3 is 9.47 Å². The highest BCUT2D eigenvalue weighted by molar-refractivity contribution is 5.90. The van der Waals surface area contributed by atoms with E-state index < -0.39 is 0 Å². The molecule has 2 aliphatic heterocycles. The lowest BCUT2D eigenvalue weighted by Gasteiger charge is -2.20. The van der Waals surface area contributed by atoms with Gasteiger partial charge in [-0.2, -0.15) is 0 Å². The van der Waals surface area contributed by atoms with E-state index in [2.05, 4.69) is 38.0 Å². The summed E-state index contributed by atoms with van der Waals surface area (Å²) >= 11 is 0. The van der Waals surface area contributed by atoms with Gasteiger partial charge in [0.05, 0.1) is 0 Å². The molecule has 0 bridgehead atoms. The highest BCUT2D eigenvalue weighted by Crippen LogP contribution is 2.32. The van der Waals surface area contributed by atoms with Crippen LogP contribution in [0.5, 0.6) is 0 Å². The number of allylic oxidation sites excluding steroid dienone is 5. The number of hydrogen-bond acceptors (Lipinski definition) is 4. The number of carbonyl (C=O) groups is 2. The summed E-state index contributed by atoms with van der Waals surface area (Å²) < 4.78 is 10.6. The van der Waals surface area contributed by atoms with E-state index in [1.807, 2.05) is 25.2 Å². The summed E-state index contributed by atoms with van der Waals surface area (Å²) in [4.78, 5) is 23.0. The number of ether oxygens (including phenoxy) is 2. The summed E-state index contributed by atoms with van der Waals surface area (Å²) in [6.07, 6.45) is 13.6. The molecule has 0 aromatic rings. The third-order valence-corrected chi connectivity index (χ3v) is 5.10. The van der Waals surface area contributed by atoms with Crippen molar-refractivity contribution in [3.63, 3.8) is 0 Å². The number of carbonyl (C=O) groups excluding carboxylic acids is 2. The van der Waals surface area contributed by atoms with E-state index in [1.165, 1.54) is 0 Å². The smallest absolute Gasteiger partial charge is 0.334 e. The Balaban J connectivity index is 1.59. The first-order valence-corrected chi connectivity index (χ1v) is 9.08. The topological polar surface area (TPSA) is 52.6 Å². The van der Waals surface area contributed by atoms with Crippen molar-refractivity contribution in [2.45, 2.75) is 38.4 Å². The van der Waals surface area contributed by atoms with Gasteiger partial charge in [-0.3, -0.25) is 0 Å². The number of hydrogen-bond donors (Lipinski definition) is 0. The van der Waals surface area contributed by atoms with Gasteiger partial charge in [-0.05, 0) is 30.1 Å². The summed E-state index contributed by atoms with van der Waals surface area (Å²) in [6, 6.07) is 0. The number of cyclic esters (lactones) is 2. The van der Waals surface area contributed by atoms with E-state index in [0.29, 0.717) is 24.0 Å². The quantitative estimate of drug-likeness (QED) is 0.415. The van der Waals surface area contributed by atoms with Crippen LogP contribution in [-0.4, -0.2) is 24.1 Å². The molecular formula is C23H24O4. The zero-order valence-electron chi connectivity index (χ0n) is 15.6. The largest absolute Gasteiger partial charge is 0.454 e. The Morgan fingerprint density at radius 3 is 2.33 bits per heavy atom. The van der Waals surface area contributed by atoms with Crippen molar-refractivity contribution in [2.24, 2.45) is 5.92 Å². The van der Waals surface area contributed by atoms with Gasteiger partial charge in [0.25, 0.3) is 0 Å². The highest BCUT2D eigenvalue weighted by Gasteiger charge is 2.30. The minimum atomic E-state index is -0.344. The second-order valence-electron chi connectivity index (χ2n) is 7.01. The third kappa shape index (κ3) is 4.11. The lowest BCUT2D eigenvalue weighted by molar-refractivity contribution is -0.138. The molecule has 1 aliphatic carbocycles. The lowest BCUT2D eigenvalue weighted by atomic mass is 9.87. The average molecular weight is 364 g/mol. The lowest BCUT2D eigenvalue weighted by Crippen LogP contribution is -2.13. The van der Waals surface area contributed by atoms with Crippen LogP contribution >= 0.6 is 0 Å². The molecule has 2 fully saturated rings. The molecule has 3 rings (SSSR count). The van der Waals surface area contributed by atoms with Crippen LogP contribution in [-0.2, 0) is 19.1 Å². The summed E-state index contributed by atoms with van der Waals surface area (Å²) in [6.45, 7) is 13.4. The maximum Gasteiger partial charge on any atom is 0.334 e. The SMILES string of the molecule is C=C1CC(C(=C)/C=C\C(=C/C)C2C=CC(C3CC(=C)C(=O)O3)=CC2)OC1=O. The molecule has 3 unspecified atom stereocenters. The van der Waals surface area contributed by atoms with Gasteiger partial charge in [0, 0.05) is 29.9 Å². The molecule has 4 heteroatoms. The minimum Gasteiger partial charge on any atom is -0.454 e. The molecule has 0 amide bonds. The standard InChI is InChI=1S/C23H24O4/c1-5-17(7-6-14(2)20-12-15(3)22(24)26-20)18-8-10-19(11-9-18)21-13-16(4)23(25)27-21/h5-8,10-11,18,20-21H,2-4,9,12-13H2,1H3/b7-6-,17-5+. The van der Waals surface area contributed by atoms with Crippen LogP contribution in [0.3, 0.4) is 0 Å². The van der Waals surface area contributed by atoms with Crippen molar-refractivity contribution in [3.8, 4) is 0 Å². The monoisotopic (exact) mass is 364 g/mol. The zero-order chi connectivity index (χ0) is 19.6. The molecule has 0 radical (unpaired) electrons. The molecule has 27 heavy (non-hydrogen) atoms. The van der Waals surface area contributed by atoms with Gasteiger partial charge in [0.2, 0.25) is 0 Å². The van der Waals surface area contributed by atoms with E-state index in [1.54, 1.807) is 0 Å². The van der Waals surface area contributed by atoms with Crippen molar-refractivity contribution < 1.29 is 19.1 Å². The van der Waals surface area contributed by atoms with Crippen LogP contribution in [0.2, 0.25) is 0 Å². The summed E-state index contributed by atoms with van der Waals surface area (Å²) in [5, 5.41) is 0. The number of esters is 2. The van der Waals surface area contributed by atoms with Crippen LogP contribution < -0.4 is 0 Å². The van der Waals surface area contributed by atoms with E-state index in [9.17, 15) is 9.59 Å². The summed E-state index contributed by atoms with van der Waals surface area (Å²) in [7, 11) is 0. The van der Waals surface area contributed by atoms with E-state index in [0.717, 1.165) is 23.1 Å². The molecule has 3 aliphatic rings. The van der Waals surface area contributed by atoms with Crippen LogP contribution in [0.15, 0.2) is 84.1 Å². The van der Waals surface area contributed by atoms with Gasteiger partial charge in [-0.1, -0.05) is 56.2 Å². The Kier molecular flexibility index (Phi) is 5.45. The van der Waals surface area contributed by atoms with Crippen molar-refractivity contribution >= 4 is 11.9 Å². The predicted molar refractivity (Wildman–Crippen MR) is 105 cm³/mol. The van der Waals surface area contributed by atoms with Crippen molar-refractivity contribution in [1.29, 1.82) is 0 Å². The normalized spacial score (nSPS) is 28.6. The first-order valence-electron chi connectivity index (χ1n) is 9.08. The maximum absolute atomic E-state index is 11.5. The average Bonchev–Trinajstić information content (AvgIpc) is 3.17. The Morgan fingerprint density at radius 1 is 1.11 bits per heavy atom. The van der Waals surface area contributed by atoms with E-state index in [4.69, 9.17) is 9.47 Å². The van der Waals surface area contributed by atoms with Crippen LogP contribution in [0.25, 0.3) is 0 Å². The molecule has 0 spiro atoms. The first kappa shape index (κ1) is 18.9. The molecule has 140 valence electrons. The summed E-state index contributed by atoms with van der Waals surface area (Å²) in [5.74, 6) is -0.407. The Hall–Kier alpha value is -2.88. The highest BCUT2D eigenvalue weighted by atomic mass is 16.6. The summed E-state index contributed by atoms with van der Waals surface area (Å²) in [5.41, 5.74) is 3.96. The minimum absolute atomic E-state index is 0.211. The maximum atomic E-state index is 11.5. The van der Waals surface area contributed by atoms with Gasteiger partial charge in [-0.25, -0.2) is 9.59 Å². The van der Waals surface area contributed by atoms with Crippen molar-refractivity contribution in [1.82, 2.24) is 0 Å². The van der Waals surface area contributed by atoms with Crippen LogP contribution in [0, 0.1) is 5.92 Å². The fourth-order valence-corrected chi connectivity index (χ4v) is 3.38. The molecule has 0 N–H and O–H groups in total. The molecule has 2 saturated heterocycles. The Morgan fingerprint density at radius 2 is 1.81 bits per heavy atom. The predicted octanol–water partition coefficient (Wildman–Crippen LogP) is 4.29.